The van der Waals surface area contributed by atoms with E-state index in [-0.39, 0.29) is 5.92 Å². The molecule has 0 bridgehead atoms. The first-order chi connectivity index (χ1) is 8.20. The van der Waals surface area contributed by atoms with Crippen LogP contribution in [0.4, 0.5) is 5.82 Å². The predicted octanol–water partition coefficient (Wildman–Crippen LogP) is 0.786. The van der Waals surface area contributed by atoms with E-state index in [2.05, 4.69) is 9.97 Å². The molecule has 1 unspecified atom stereocenters. The second-order valence-electron chi connectivity index (χ2n) is 4.04. The average molecular weight is 237 g/mol. The van der Waals surface area contributed by atoms with Crippen molar-refractivity contribution in [3.05, 3.63) is 12.4 Å². The summed E-state index contributed by atoms with van der Waals surface area (Å²) in [5, 5.41) is 9.02. The van der Waals surface area contributed by atoms with Crippen molar-refractivity contribution in [2.24, 2.45) is 5.92 Å². The van der Waals surface area contributed by atoms with Crippen molar-refractivity contribution in [1.82, 2.24) is 9.97 Å². The Labute approximate surface area is 99.2 Å². The molecule has 0 radical (unpaired) electrons. The van der Waals surface area contributed by atoms with E-state index in [1.807, 2.05) is 4.90 Å². The fourth-order valence-corrected chi connectivity index (χ4v) is 2.00. The molecule has 1 aliphatic heterocycles. The summed E-state index contributed by atoms with van der Waals surface area (Å²) in [6.07, 6.45) is 3.02. The number of carbonyl (C=O) groups is 1. The number of nitrogens with zero attached hydrogens (tertiary/aromatic N) is 3. The van der Waals surface area contributed by atoms with Crippen LogP contribution in [-0.4, -0.2) is 41.2 Å². The SMILES string of the molecule is COc1cc(N2CCCC(C(=O)O)C2)ncn1. The summed E-state index contributed by atoms with van der Waals surface area (Å²) in [5.41, 5.74) is 0. The van der Waals surface area contributed by atoms with E-state index in [0.29, 0.717) is 12.4 Å². The largest absolute Gasteiger partial charge is 0.481 e. The zero-order valence-corrected chi connectivity index (χ0v) is 9.67. The van der Waals surface area contributed by atoms with Gasteiger partial charge >= 0.3 is 5.97 Å². The topological polar surface area (TPSA) is 75.5 Å². The molecule has 2 heterocycles. The lowest BCUT2D eigenvalue weighted by Gasteiger charge is -2.31. The van der Waals surface area contributed by atoms with Gasteiger partial charge in [0.25, 0.3) is 0 Å². The molecule has 0 aliphatic carbocycles. The molecule has 0 amide bonds. The van der Waals surface area contributed by atoms with Crippen LogP contribution in [0, 0.1) is 5.92 Å². The third-order valence-electron chi connectivity index (χ3n) is 2.93. The summed E-state index contributed by atoms with van der Waals surface area (Å²) in [6, 6.07) is 1.73. The van der Waals surface area contributed by atoms with Crippen LogP contribution in [0.15, 0.2) is 12.4 Å². The summed E-state index contributed by atoms with van der Waals surface area (Å²) in [7, 11) is 1.54. The standard InChI is InChI=1S/C11H15N3O3/c1-17-10-5-9(12-7-13-10)14-4-2-3-8(6-14)11(15)16/h5,7-8H,2-4,6H2,1H3,(H,15,16). The molecule has 0 aromatic carbocycles. The molecule has 1 aromatic heterocycles. The lowest BCUT2D eigenvalue weighted by atomic mass is 9.98. The van der Waals surface area contributed by atoms with Gasteiger partial charge in [-0.1, -0.05) is 0 Å². The Kier molecular flexibility index (Phi) is 3.41. The normalized spacial score (nSPS) is 20.1. The summed E-state index contributed by atoms with van der Waals surface area (Å²) < 4.78 is 5.03. The molecule has 6 heteroatoms. The van der Waals surface area contributed by atoms with E-state index < -0.39 is 5.97 Å². The molecule has 6 nitrogen and oxygen atoms in total. The van der Waals surface area contributed by atoms with Crippen molar-refractivity contribution in [3.63, 3.8) is 0 Å². The average Bonchev–Trinajstić information content (AvgIpc) is 2.39. The summed E-state index contributed by atoms with van der Waals surface area (Å²) >= 11 is 0. The smallest absolute Gasteiger partial charge is 0.308 e. The quantitative estimate of drug-likeness (QED) is 0.837. The molecular formula is C11H15N3O3. The van der Waals surface area contributed by atoms with E-state index in [9.17, 15) is 4.79 Å². The Morgan fingerprint density at radius 1 is 1.59 bits per heavy atom. The Morgan fingerprint density at radius 3 is 3.12 bits per heavy atom. The van der Waals surface area contributed by atoms with Gasteiger partial charge in [-0.15, -0.1) is 0 Å². The first kappa shape index (κ1) is 11.6. The maximum atomic E-state index is 11.0. The fraction of sp³-hybridized carbons (Fsp3) is 0.545. The number of piperidine rings is 1. The van der Waals surface area contributed by atoms with Crippen molar-refractivity contribution in [3.8, 4) is 5.88 Å². The highest BCUT2D eigenvalue weighted by molar-refractivity contribution is 5.71. The molecule has 1 atom stereocenters. The minimum atomic E-state index is -0.740. The van der Waals surface area contributed by atoms with Crippen molar-refractivity contribution in [2.75, 3.05) is 25.1 Å². The molecule has 92 valence electrons. The number of aliphatic carboxylic acids is 1. The van der Waals surface area contributed by atoms with E-state index in [0.717, 1.165) is 25.2 Å². The van der Waals surface area contributed by atoms with Crippen molar-refractivity contribution in [1.29, 1.82) is 0 Å². The second-order valence-corrected chi connectivity index (χ2v) is 4.04. The Hall–Kier alpha value is -1.85. The van der Waals surface area contributed by atoms with Gasteiger partial charge in [-0.2, -0.15) is 0 Å². The highest BCUT2D eigenvalue weighted by Gasteiger charge is 2.26. The number of aromatic nitrogens is 2. The maximum absolute atomic E-state index is 11.0. The lowest BCUT2D eigenvalue weighted by Crippen LogP contribution is -2.39. The zero-order chi connectivity index (χ0) is 12.3. The molecule has 1 aliphatic rings. The zero-order valence-electron chi connectivity index (χ0n) is 9.67. The van der Waals surface area contributed by atoms with Crippen LogP contribution >= 0.6 is 0 Å². The number of carboxylic acid groups (broad SMARTS) is 1. The third-order valence-corrected chi connectivity index (χ3v) is 2.93. The second kappa shape index (κ2) is 4.99. The summed E-state index contributed by atoms with van der Waals surface area (Å²) in [5.74, 6) is 0.163. The maximum Gasteiger partial charge on any atom is 0.308 e. The van der Waals surface area contributed by atoms with Gasteiger partial charge in [0.05, 0.1) is 13.0 Å². The Morgan fingerprint density at radius 2 is 2.41 bits per heavy atom. The molecule has 1 N–H and O–H groups in total. The number of ether oxygens (including phenoxy) is 1. The predicted molar refractivity (Wildman–Crippen MR) is 61.2 cm³/mol. The van der Waals surface area contributed by atoms with Crippen LogP contribution in [0.2, 0.25) is 0 Å². The van der Waals surface area contributed by atoms with Crippen molar-refractivity contribution >= 4 is 11.8 Å². The molecular weight excluding hydrogens is 222 g/mol. The highest BCUT2D eigenvalue weighted by atomic mass is 16.5. The van der Waals surface area contributed by atoms with E-state index in [1.165, 1.54) is 6.33 Å². The van der Waals surface area contributed by atoms with Gasteiger partial charge in [-0.3, -0.25) is 4.79 Å². The minimum absolute atomic E-state index is 0.315. The monoisotopic (exact) mass is 237 g/mol. The lowest BCUT2D eigenvalue weighted by molar-refractivity contribution is -0.141. The number of anilines is 1. The van der Waals surface area contributed by atoms with Gasteiger partial charge in [0.15, 0.2) is 0 Å². The molecule has 0 spiro atoms. The number of carboxylic acids is 1. The molecule has 1 aromatic rings. The summed E-state index contributed by atoms with van der Waals surface area (Å²) in [4.78, 5) is 21.0. The van der Waals surface area contributed by atoms with Gasteiger partial charge in [-0.25, -0.2) is 9.97 Å². The number of hydrogen-bond acceptors (Lipinski definition) is 5. The Balaban J connectivity index is 2.13. The first-order valence-electron chi connectivity index (χ1n) is 5.54. The molecule has 0 saturated carbocycles. The molecule has 17 heavy (non-hydrogen) atoms. The van der Waals surface area contributed by atoms with E-state index in [1.54, 1.807) is 13.2 Å². The van der Waals surface area contributed by atoms with E-state index in [4.69, 9.17) is 9.84 Å². The minimum Gasteiger partial charge on any atom is -0.481 e. The molecule has 1 saturated heterocycles. The fourth-order valence-electron chi connectivity index (χ4n) is 2.00. The van der Waals surface area contributed by atoms with Gasteiger partial charge in [0, 0.05) is 19.2 Å². The van der Waals surface area contributed by atoms with Crippen LogP contribution in [0.3, 0.4) is 0 Å². The van der Waals surface area contributed by atoms with Crippen LogP contribution < -0.4 is 9.64 Å². The van der Waals surface area contributed by atoms with Crippen molar-refractivity contribution in [2.45, 2.75) is 12.8 Å². The number of rotatable bonds is 3. The van der Waals surface area contributed by atoms with Crippen LogP contribution in [0.1, 0.15) is 12.8 Å². The van der Waals surface area contributed by atoms with Crippen LogP contribution in [0.25, 0.3) is 0 Å². The third kappa shape index (κ3) is 2.64. The number of hydrogen-bond donors (Lipinski definition) is 1. The van der Waals surface area contributed by atoms with Crippen LogP contribution in [0.5, 0.6) is 5.88 Å². The van der Waals surface area contributed by atoms with Gasteiger partial charge in [-0.05, 0) is 12.8 Å². The summed E-state index contributed by atoms with van der Waals surface area (Å²) in [6.45, 7) is 1.32. The van der Waals surface area contributed by atoms with Gasteiger partial charge in [0.2, 0.25) is 5.88 Å². The van der Waals surface area contributed by atoms with Crippen molar-refractivity contribution < 1.29 is 14.6 Å². The Bertz CT molecular complexity index is 411. The highest BCUT2D eigenvalue weighted by Crippen LogP contribution is 2.23. The molecule has 2 rings (SSSR count). The number of methoxy groups -OCH3 is 1. The van der Waals surface area contributed by atoms with Gasteiger partial charge in [0.1, 0.15) is 12.1 Å². The van der Waals surface area contributed by atoms with Crippen LogP contribution in [-0.2, 0) is 4.79 Å². The first-order valence-corrected chi connectivity index (χ1v) is 5.54. The molecule has 1 fully saturated rings. The van der Waals surface area contributed by atoms with Gasteiger partial charge < -0.3 is 14.7 Å². The van der Waals surface area contributed by atoms with E-state index >= 15 is 0 Å².